The van der Waals surface area contributed by atoms with Crippen LogP contribution in [0.25, 0.3) is 0 Å². The molecule has 0 aliphatic heterocycles. The van der Waals surface area contributed by atoms with Crippen LogP contribution in [0.3, 0.4) is 0 Å². The van der Waals surface area contributed by atoms with Gasteiger partial charge in [-0.3, -0.25) is 0 Å². The largest absolute Gasteiger partial charge is 0.393 e. The first-order valence-corrected chi connectivity index (χ1v) is 4.76. The van der Waals surface area contributed by atoms with Gasteiger partial charge in [0.15, 0.2) is 0 Å². The van der Waals surface area contributed by atoms with Crippen molar-refractivity contribution in [1.29, 1.82) is 0 Å². The van der Waals surface area contributed by atoms with E-state index < -0.39 is 0 Å². The average Bonchev–Trinajstić information content (AvgIpc) is 2.57. The summed E-state index contributed by atoms with van der Waals surface area (Å²) in [4.78, 5) is 0. The molecule has 11 heavy (non-hydrogen) atoms. The summed E-state index contributed by atoms with van der Waals surface area (Å²) < 4.78 is 0. The molecule has 1 nitrogen and oxygen atoms in total. The van der Waals surface area contributed by atoms with Crippen LogP contribution in [0.1, 0.15) is 33.6 Å². The minimum absolute atomic E-state index is 0.00356. The Morgan fingerprint density at radius 2 is 2.00 bits per heavy atom. The Balaban J connectivity index is 2.13. The standard InChI is InChI=1S/C10H18O/c1-6(2)10-4-8(10)7(3)9(11)5-10/h6-9,11H,4-5H2,1-3H3/t7-,8-,9+,10-/m0/s1. The highest BCUT2D eigenvalue weighted by atomic mass is 16.3. The van der Waals surface area contributed by atoms with Gasteiger partial charge in [-0.1, -0.05) is 20.8 Å². The molecule has 4 atom stereocenters. The zero-order chi connectivity index (χ0) is 8.22. The van der Waals surface area contributed by atoms with Gasteiger partial charge in [0.2, 0.25) is 0 Å². The normalized spacial score (nSPS) is 54.8. The van der Waals surface area contributed by atoms with Crippen molar-refractivity contribution in [3.05, 3.63) is 0 Å². The van der Waals surface area contributed by atoms with Gasteiger partial charge >= 0.3 is 0 Å². The van der Waals surface area contributed by atoms with Crippen molar-refractivity contribution in [1.82, 2.24) is 0 Å². The summed E-state index contributed by atoms with van der Waals surface area (Å²) in [5.74, 6) is 2.18. The Morgan fingerprint density at radius 3 is 2.27 bits per heavy atom. The highest BCUT2D eigenvalue weighted by Gasteiger charge is 2.64. The fourth-order valence-corrected chi connectivity index (χ4v) is 3.04. The number of aliphatic hydroxyl groups is 1. The van der Waals surface area contributed by atoms with Crippen molar-refractivity contribution in [2.24, 2.45) is 23.2 Å². The molecule has 64 valence electrons. The Kier molecular flexibility index (Phi) is 1.39. The summed E-state index contributed by atoms with van der Waals surface area (Å²) in [6.45, 7) is 6.79. The van der Waals surface area contributed by atoms with Crippen LogP contribution < -0.4 is 0 Å². The maximum atomic E-state index is 9.61. The van der Waals surface area contributed by atoms with E-state index in [9.17, 15) is 5.11 Å². The van der Waals surface area contributed by atoms with Gasteiger partial charge in [-0.25, -0.2) is 0 Å². The molecule has 0 spiro atoms. The molecule has 2 rings (SSSR count). The van der Waals surface area contributed by atoms with Crippen molar-refractivity contribution >= 4 is 0 Å². The maximum Gasteiger partial charge on any atom is 0.0574 e. The van der Waals surface area contributed by atoms with Crippen LogP contribution in [0.15, 0.2) is 0 Å². The zero-order valence-corrected chi connectivity index (χ0v) is 7.67. The predicted molar refractivity (Wildman–Crippen MR) is 45.2 cm³/mol. The third-order valence-corrected chi connectivity index (χ3v) is 4.16. The van der Waals surface area contributed by atoms with Crippen molar-refractivity contribution in [2.45, 2.75) is 39.7 Å². The molecule has 0 aromatic carbocycles. The third kappa shape index (κ3) is 0.807. The fraction of sp³-hybridized carbons (Fsp3) is 1.00. The van der Waals surface area contributed by atoms with Gasteiger partial charge in [0.25, 0.3) is 0 Å². The van der Waals surface area contributed by atoms with Gasteiger partial charge in [0.1, 0.15) is 0 Å². The van der Waals surface area contributed by atoms with Crippen molar-refractivity contribution in [3.8, 4) is 0 Å². The van der Waals surface area contributed by atoms with E-state index in [1.807, 2.05) is 0 Å². The van der Waals surface area contributed by atoms with E-state index in [0.717, 1.165) is 18.3 Å². The topological polar surface area (TPSA) is 20.2 Å². The molecule has 0 aromatic heterocycles. The van der Waals surface area contributed by atoms with Crippen LogP contribution >= 0.6 is 0 Å². The molecule has 2 saturated carbocycles. The number of hydrogen-bond acceptors (Lipinski definition) is 1. The summed E-state index contributed by atoms with van der Waals surface area (Å²) in [6, 6.07) is 0. The average molecular weight is 154 g/mol. The molecule has 2 aliphatic carbocycles. The Hall–Kier alpha value is -0.0400. The van der Waals surface area contributed by atoms with Gasteiger partial charge in [-0.2, -0.15) is 0 Å². The van der Waals surface area contributed by atoms with E-state index in [-0.39, 0.29) is 6.10 Å². The van der Waals surface area contributed by atoms with E-state index in [4.69, 9.17) is 0 Å². The fourth-order valence-electron chi connectivity index (χ4n) is 3.04. The molecular weight excluding hydrogens is 136 g/mol. The van der Waals surface area contributed by atoms with Crippen LogP contribution in [0, 0.1) is 23.2 Å². The lowest BCUT2D eigenvalue weighted by atomic mass is 9.89. The molecule has 0 unspecified atom stereocenters. The predicted octanol–water partition coefficient (Wildman–Crippen LogP) is 2.05. The van der Waals surface area contributed by atoms with Crippen LogP contribution in [0.2, 0.25) is 0 Å². The molecule has 0 heterocycles. The van der Waals surface area contributed by atoms with Crippen molar-refractivity contribution in [2.75, 3.05) is 0 Å². The number of fused-ring (bicyclic) bond motifs is 1. The van der Waals surface area contributed by atoms with Crippen molar-refractivity contribution in [3.63, 3.8) is 0 Å². The molecule has 0 radical (unpaired) electrons. The van der Waals surface area contributed by atoms with Gasteiger partial charge in [-0.05, 0) is 36.0 Å². The first-order valence-electron chi connectivity index (χ1n) is 4.76. The molecular formula is C10H18O. The quantitative estimate of drug-likeness (QED) is 0.613. The molecule has 0 bridgehead atoms. The van der Waals surface area contributed by atoms with Gasteiger partial charge in [0.05, 0.1) is 6.10 Å². The smallest absolute Gasteiger partial charge is 0.0574 e. The van der Waals surface area contributed by atoms with Crippen LogP contribution in [0.5, 0.6) is 0 Å². The first-order chi connectivity index (χ1) is 5.08. The molecule has 2 aliphatic rings. The minimum atomic E-state index is -0.00356. The van der Waals surface area contributed by atoms with E-state index in [1.165, 1.54) is 6.42 Å². The van der Waals surface area contributed by atoms with E-state index in [0.29, 0.717) is 11.3 Å². The lowest BCUT2D eigenvalue weighted by Crippen LogP contribution is -2.15. The number of rotatable bonds is 1. The van der Waals surface area contributed by atoms with E-state index >= 15 is 0 Å². The number of hydrogen-bond donors (Lipinski definition) is 1. The summed E-state index contributed by atoms with van der Waals surface area (Å²) in [6.07, 6.45) is 2.44. The van der Waals surface area contributed by atoms with E-state index in [2.05, 4.69) is 20.8 Å². The summed E-state index contributed by atoms with van der Waals surface area (Å²) in [5, 5.41) is 9.61. The second-order valence-electron chi connectivity index (χ2n) is 4.83. The Labute approximate surface area is 68.8 Å². The highest BCUT2D eigenvalue weighted by molar-refractivity contribution is 5.13. The monoisotopic (exact) mass is 154 g/mol. The van der Waals surface area contributed by atoms with Crippen LogP contribution in [-0.4, -0.2) is 11.2 Å². The minimum Gasteiger partial charge on any atom is -0.393 e. The maximum absolute atomic E-state index is 9.61. The highest BCUT2D eigenvalue weighted by Crippen LogP contribution is 2.69. The lowest BCUT2D eigenvalue weighted by Gasteiger charge is -2.17. The molecule has 2 fully saturated rings. The second kappa shape index (κ2) is 2.01. The van der Waals surface area contributed by atoms with Crippen LogP contribution in [-0.2, 0) is 0 Å². The first kappa shape index (κ1) is 7.60. The van der Waals surface area contributed by atoms with Gasteiger partial charge in [-0.15, -0.1) is 0 Å². The SMILES string of the molecule is CC(C)[C@]12C[C@@H](O)[C@@H](C)[C@@H]1C2. The Morgan fingerprint density at radius 1 is 1.36 bits per heavy atom. The summed E-state index contributed by atoms with van der Waals surface area (Å²) >= 11 is 0. The van der Waals surface area contributed by atoms with Gasteiger partial charge < -0.3 is 5.11 Å². The Bertz CT molecular complexity index is 176. The molecule has 0 aromatic rings. The summed E-state index contributed by atoms with van der Waals surface area (Å²) in [5.41, 5.74) is 0.554. The molecule has 0 amide bonds. The zero-order valence-electron chi connectivity index (χ0n) is 7.67. The van der Waals surface area contributed by atoms with Gasteiger partial charge in [0, 0.05) is 0 Å². The third-order valence-electron chi connectivity index (χ3n) is 4.16. The second-order valence-corrected chi connectivity index (χ2v) is 4.83. The summed E-state index contributed by atoms with van der Waals surface area (Å²) in [7, 11) is 0. The lowest BCUT2D eigenvalue weighted by molar-refractivity contribution is 0.113. The molecule has 1 heteroatoms. The van der Waals surface area contributed by atoms with Crippen molar-refractivity contribution < 1.29 is 5.11 Å². The molecule has 1 N–H and O–H groups in total. The number of aliphatic hydroxyl groups excluding tert-OH is 1. The van der Waals surface area contributed by atoms with E-state index in [1.54, 1.807) is 0 Å². The molecule has 0 saturated heterocycles. The van der Waals surface area contributed by atoms with Crippen LogP contribution in [0.4, 0.5) is 0 Å².